The maximum Gasteiger partial charge on any atom is 0.126 e. The van der Waals surface area contributed by atoms with Crippen LogP contribution in [-0.4, -0.2) is 24.0 Å². The summed E-state index contributed by atoms with van der Waals surface area (Å²) in [6.07, 6.45) is 5.91. The summed E-state index contributed by atoms with van der Waals surface area (Å²) in [5.41, 5.74) is 3.12. The third-order valence-corrected chi connectivity index (χ3v) is 4.29. The summed E-state index contributed by atoms with van der Waals surface area (Å²) in [6, 6.07) is 6.84. The molecule has 0 N–H and O–H groups in total. The number of benzene rings is 1. The molecular formula is C15H18FN. The molecule has 3 rings (SSSR count). The van der Waals surface area contributed by atoms with E-state index in [0.717, 1.165) is 17.5 Å². The summed E-state index contributed by atoms with van der Waals surface area (Å²) < 4.78 is 13.6. The van der Waals surface area contributed by atoms with Crippen molar-refractivity contribution >= 4 is 5.57 Å². The molecule has 0 amide bonds. The highest BCUT2D eigenvalue weighted by Crippen LogP contribution is 2.37. The molecule has 1 nitrogen and oxygen atoms in total. The lowest BCUT2D eigenvalue weighted by molar-refractivity contribution is 0.264. The van der Waals surface area contributed by atoms with E-state index in [-0.39, 0.29) is 5.82 Å². The topological polar surface area (TPSA) is 3.24 Å². The van der Waals surface area contributed by atoms with Gasteiger partial charge in [0, 0.05) is 12.1 Å². The Morgan fingerprint density at radius 3 is 2.82 bits per heavy atom. The van der Waals surface area contributed by atoms with Gasteiger partial charge in [0.25, 0.3) is 0 Å². The van der Waals surface area contributed by atoms with Crippen LogP contribution in [0.3, 0.4) is 0 Å². The molecule has 0 spiro atoms. The summed E-state index contributed by atoms with van der Waals surface area (Å²) >= 11 is 0. The van der Waals surface area contributed by atoms with Gasteiger partial charge in [0.15, 0.2) is 0 Å². The van der Waals surface area contributed by atoms with Gasteiger partial charge in [0.05, 0.1) is 0 Å². The zero-order valence-electron chi connectivity index (χ0n) is 10.4. The molecule has 1 saturated heterocycles. The molecule has 0 saturated carbocycles. The van der Waals surface area contributed by atoms with Gasteiger partial charge in [-0.3, -0.25) is 4.90 Å². The number of rotatable bonds is 1. The average molecular weight is 231 g/mol. The van der Waals surface area contributed by atoms with Crippen LogP contribution in [0.2, 0.25) is 0 Å². The van der Waals surface area contributed by atoms with Crippen molar-refractivity contribution in [2.75, 3.05) is 7.05 Å². The molecule has 2 unspecified atom stereocenters. The van der Waals surface area contributed by atoms with Crippen LogP contribution in [0.4, 0.5) is 4.39 Å². The number of halogens is 1. The predicted molar refractivity (Wildman–Crippen MR) is 68.3 cm³/mol. The van der Waals surface area contributed by atoms with Crippen molar-refractivity contribution in [3.8, 4) is 0 Å². The Hall–Kier alpha value is -1.15. The van der Waals surface area contributed by atoms with Crippen LogP contribution < -0.4 is 0 Å². The van der Waals surface area contributed by atoms with Crippen molar-refractivity contribution in [2.45, 2.75) is 38.3 Å². The van der Waals surface area contributed by atoms with Gasteiger partial charge in [-0.25, -0.2) is 4.39 Å². The fourth-order valence-corrected chi connectivity index (χ4v) is 3.05. The van der Waals surface area contributed by atoms with Gasteiger partial charge in [-0.1, -0.05) is 18.2 Å². The number of hydrogen-bond donors (Lipinski definition) is 0. The van der Waals surface area contributed by atoms with Crippen molar-refractivity contribution in [3.05, 3.63) is 41.2 Å². The van der Waals surface area contributed by atoms with E-state index < -0.39 is 0 Å². The maximum atomic E-state index is 13.6. The van der Waals surface area contributed by atoms with Crippen molar-refractivity contribution in [2.24, 2.45) is 0 Å². The van der Waals surface area contributed by atoms with Crippen LogP contribution >= 0.6 is 0 Å². The third-order valence-electron chi connectivity index (χ3n) is 4.29. The van der Waals surface area contributed by atoms with Crippen LogP contribution in [0.1, 0.15) is 30.4 Å². The molecule has 2 heteroatoms. The number of nitrogens with zero attached hydrogens (tertiary/aromatic N) is 1. The molecule has 2 heterocycles. The summed E-state index contributed by atoms with van der Waals surface area (Å²) in [5.74, 6) is -0.0883. The van der Waals surface area contributed by atoms with Gasteiger partial charge in [0.1, 0.15) is 5.82 Å². The lowest BCUT2D eigenvalue weighted by Gasteiger charge is -2.30. The smallest absolute Gasteiger partial charge is 0.126 e. The number of hydrogen-bond acceptors (Lipinski definition) is 1. The Morgan fingerprint density at radius 1 is 1.29 bits per heavy atom. The van der Waals surface area contributed by atoms with E-state index in [9.17, 15) is 4.39 Å². The number of aryl methyl sites for hydroxylation is 1. The zero-order chi connectivity index (χ0) is 12.0. The Kier molecular flexibility index (Phi) is 2.55. The van der Waals surface area contributed by atoms with Crippen LogP contribution in [0, 0.1) is 12.7 Å². The fourth-order valence-electron chi connectivity index (χ4n) is 3.05. The van der Waals surface area contributed by atoms with Gasteiger partial charge in [-0.2, -0.15) is 0 Å². The third kappa shape index (κ3) is 1.81. The van der Waals surface area contributed by atoms with Gasteiger partial charge in [-0.05, 0) is 56.0 Å². The van der Waals surface area contributed by atoms with Crippen LogP contribution in [0.5, 0.6) is 0 Å². The lowest BCUT2D eigenvalue weighted by atomic mass is 9.94. The van der Waals surface area contributed by atoms with E-state index in [2.05, 4.69) is 24.1 Å². The van der Waals surface area contributed by atoms with Crippen molar-refractivity contribution in [1.29, 1.82) is 0 Å². The van der Waals surface area contributed by atoms with E-state index in [4.69, 9.17) is 0 Å². The van der Waals surface area contributed by atoms with Crippen LogP contribution in [0.15, 0.2) is 24.3 Å². The van der Waals surface area contributed by atoms with Crippen molar-refractivity contribution < 1.29 is 4.39 Å². The summed E-state index contributed by atoms with van der Waals surface area (Å²) in [6.45, 7) is 1.81. The molecule has 2 atom stereocenters. The minimum atomic E-state index is -0.0883. The highest BCUT2D eigenvalue weighted by atomic mass is 19.1. The number of likely N-dealkylation sites (N-methyl/N-ethyl adjacent to an activating group) is 1. The summed E-state index contributed by atoms with van der Waals surface area (Å²) in [7, 11) is 2.20. The molecule has 2 aliphatic rings. The first-order valence-corrected chi connectivity index (χ1v) is 6.34. The standard InChI is InChI=1S/C15H18FN/c1-10-3-4-11(9-15(10)16)12-7-13-5-6-14(8-12)17(13)2/h3-4,7,9,13-14H,5-6,8H2,1-2H3. The van der Waals surface area contributed by atoms with Gasteiger partial charge in [0.2, 0.25) is 0 Å². The van der Waals surface area contributed by atoms with E-state index in [1.54, 1.807) is 6.07 Å². The molecule has 1 aromatic rings. The summed E-state index contributed by atoms with van der Waals surface area (Å²) in [4.78, 5) is 2.45. The second-order valence-electron chi connectivity index (χ2n) is 5.32. The van der Waals surface area contributed by atoms with E-state index >= 15 is 0 Å². The second-order valence-corrected chi connectivity index (χ2v) is 5.32. The van der Waals surface area contributed by atoms with E-state index in [0.29, 0.717) is 12.1 Å². The minimum Gasteiger partial charge on any atom is -0.297 e. The van der Waals surface area contributed by atoms with Crippen LogP contribution in [0.25, 0.3) is 5.57 Å². The molecule has 17 heavy (non-hydrogen) atoms. The molecule has 2 aliphatic heterocycles. The molecule has 2 bridgehead atoms. The minimum absolute atomic E-state index is 0.0883. The molecule has 1 aromatic carbocycles. The Balaban J connectivity index is 1.95. The van der Waals surface area contributed by atoms with Gasteiger partial charge in [-0.15, -0.1) is 0 Å². The fraction of sp³-hybridized carbons (Fsp3) is 0.467. The molecule has 0 aromatic heterocycles. The SMILES string of the molecule is Cc1ccc(C2=CC3CCC(C2)N3C)cc1F. The Labute approximate surface area is 102 Å². The van der Waals surface area contributed by atoms with Crippen molar-refractivity contribution in [1.82, 2.24) is 4.90 Å². The molecule has 90 valence electrons. The molecule has 0 radical (unpaired) electrons. The molecular weight excluding hydrogens is 213 g/mol. The Bertz CT molecular complexity index is 478. The first kappa shape index (κ1) is 11.0. The van der Waals surface area contributed by atoms with Crippen molar-refractivity contribution in [3.63, 3.8) is 0 Å². The lowest BCUT2D eigenvalue weighted by Crippen LogP contribution is -2.34. The van der Waals surface area contributed by atoms with E-state index in [1.807, 2.05) is 13.0 Å². The van der Waals surface area contributed by atoms with Gasteiger partial charge < -0.3 is 0 Å². The first-order chi connectivity index (χ1) is 8.15. The average Bonchev–Trinajstić information content (AvgIpc) is 2.55. The first-order valence-electron chi connectivity index (χ1n) is 6.34. The van der Waals surface area contributed by atoms with Crippen LogP contribution in [-0.2, 0) is 0 Å². The highest BCUT2D eigenvalue weighted by molar-refractivity contribution is 5.68. The van der Waals surface area contributed by atoms with E-state index in [1.165, 1.54) is 18.4 Å². The zero-order valence-corrected chi connectivity index (χ0v) is 10.4. The summed E-state index contributed by atoms with van der Waals surface area (Å²) in [5, 5.41) is 0. The quantitative estimate of drug-likeness (QED) is 0.716. The molecule has 1 fully saturated rings. The molecule has 0 aliphatic carbocycles. The van der Waals surface area contributed by atoms with Gasteiger partial charge >= 0.3 is 0 Å². The number of fused-ring (bicyclic) bond motifs is 2. The monoisotopic (exact) mass is 231 g/mol. The normalized spacial score (nSPS) is 28.3. The predicted octanol–water partition coefficient (Wildman–Crippen LogP) is 3.38. The Morgan fingerprint density at radius 2 is 2.12 bits per heavy atom. The largest absolute Gasteiger partial charge is 0.297 e. The second kappa shape index (κ2) is 3.95. The maximum absolute atomic E-state index is 13.6. The highest BCUT2D eigenvalue weighted by Gasteiger charge is 2.33.